The second-order valence-electron chi connectivity index (χ2n) is 10.9. The molecule has 2 amide bonds. The first-order chi connectivity index (χ1) is 19.2. The number of imidazole rings is 1. The van der Waals surface area contributed by atoms with Crippen molar-refractivity contribution in [3.8, 4) is 16.9 Å². The van der Waals surface area contributed by atoms with Gasteiger partial charge in [0.05, 0.1) is 23.6 Å². The number of benzene rings is 1. The minimum Gasteiger partial charge on any atom is -0.476 e. The van der Waals surface area contributed by atoms with Crippen molar-refractivity contribution in [2.45, 2.75) is 65.8 Å². The summed E-state index contributed by atoms with van der Waals surface area (Å²) in [5, 5.41) is 12.9. The van der Waals surface area contributed by atoms with Crippen LogP contribution in [0.5, 0.6) is 5.75 Å². The van der Waals surface area contributed by atoms with Crippen LogP contribution < -0.4 is 15.0 Å². The maximum Gasteiger partial charge on any atom is 0.268 e. The molecule has 41 heavy (non-hydrogen) atoms. The first-order valence-electron chi connectivity index (χ1n) is 13.1. The third-order valence-electron chi connectivity index (χ3n) is 6.73. The summed E-state index contributed by atoms with van der Waals surface area (Å²) in [6, 6.07) is 3.59. The Morgan fingerprint density at radius 3 is 2.49 bits per heavy atom. The standard InChI is InChI=1S/C29H30F2N6O4/c1-14(2)34-26(38)17-7-21(31)25-22(8-17)37(27(39)16(4)41-25)13-23-15(3)35-24-9-20(30)19(12-36(23)24)18-10-32-28(33-11-18)29(5,6)40/h7-12,14,16,40H,13H2,1-6H3,(H,34,38)/t16-/m0/s1. The second kappa shape index (κ2) is 10.2. The van der Waals surface area contributed by atoms with Gasteiger partial charge in [-0.15, -0.1) is 0 Å². The Morgan fingerprint density at radius 2 is 1.85 bits per heavy atom. The van der Waals surface area contributed by atoms with Gasteiger partial charge in [-0.25, -0.2) is 23.7 Å². The number of ether oxygens (including phenoxy) is 1. The summed E-state index contributed by atoms with van der Waals surface area (Å²) in [6.07, 6.45) is 3.39. The number of aromatic nitrogens is 4. The molecule has 0 saturated heterocycles. The van der Waals surface area contributed by atoms with Gasteiger partial charge in [0.25, 0.3) is 11.8 Å². The van der Waals surface area contributed by atoms with Crippen LogP contribution in [0.1, 0.15) is 62.2 Å². The number of rotatable bonds is 6. The number of nitrogens with zero attached hydrogens (tertiary/aromatic N) is 5. The van der Waals surface area contributed by atoms with E-state index in [-0.39, 0.29) is 41.0 Å². The molecule has 3 aromatic heterocycles. The molecule has 0 fully saturated rings. The van der Waals surface area contributed by atoms with Gasteiger partial charge in [-0.1, -0.05) is 0 Å². The summed E-state index contributed by atoms with van der Waals surface area (Å²) < 4.78 is 37.6. The smallest absolute Gasteiger partial charge is 0.268 e. The van der Waals surface area contributed by atoms with Crippen LogP contribution in [0.25, 0.3) is 16.8 Å². The highest BCUT2D eigenvalue weighted by atomic mass is 19.1. The SMILES string of the molecule is Cc1nc2cc(F)c(-c3cnc(C(C)(C)O)nc3)cn2c1CN1C(=O)[C@H](C)Oc2c(F)cc(C(=O)NC(C)C)cc21. The van der Waals surface area contributed by atoms with Gasteiger partial charge < -0.3 is 19.6 Å². The number of anilines is 1. The molecule has 1 atom stereocenters. The first-order valence-corrected chi connectivity index (χ1v) is 13.1. The summed E-state index contributed by atoms with van der Waals surface area (Å²) in [5.74, 6) is -2.20. The fraction of sp³-hybridized carbons (Fsp3) is 0.345. The van der Waals surface area contributed by atoms with Crippen LogP contribution in [-0.4, -0.2) is 48.4 Å². The molecular weight excluding hydrogens is 534 g/mol. The number of pyridine rings is 1. The maximum atomic E-state index is 15.2. The Labute approximate surface area is 235 Å². The predicted octanol–water partition coefficient (Wildman–Crippen LogP) is 4.06. The van der Waals surface area contributed by atoms with E-state index in [4.69, 9.17) is 4.74 Å². The molecule has 5 rings (SSSR count). The summed E-state index contributed by atoms with van der Waals surface area (Å²) in [4.78, 5) is 40.2. The molecule has 0 unspecified atom stereocenters. The van der Waals surface area contributed by atoms with Crippen molar-refractivity contribution < 1.29 is 28.2 Å². The Hall–Kier alpha value is -4.45. The average molecular weight is 565 g/mol. The second-order valence-corrected chi connectivity index (χ2v) is 10.9. The van der Waals surface area contributed by atoms with Gasteiger partial charge in [0, 0.05) is 47.4 Å². The summed E-state index contributed by atoms with van der Waals surface area (Å²) in [5.41, 5.74) is 0.812. The number of carbonyl (C=O) groups is 2. The fourth-order valence-electron chi connectivity index (χ4n) is 4.67. The summed E-state index contributed by atoms with van der Waals surface area (Å²) in [6.45, 7) is 9.85. The third-order valence-corrected chi connectivity index (χ3v) is 6.73. The molecule has 0 spiro atoms. The number of hydrogen-bond donors (Lipinski definition) is 2. The lowest BCUT2D eigenvalue weighted by atomic mass is 10.1. The Balaban J connectivity index is 1.59. The monoisotopic (exact) mass is 564 g/mol. The van der Waals surface area contributed by atoms with Crippen molar-refractivity contribution in [3.05, 3.63) is 71.2 Å². The number of nitrogens with one attached hydrogen (secondary N) is 1. The van der Waals surface area contributed by atoms with E-state index in [1.165, 1.54) is 42.5 Å². The first kappa shape index (κ1) is 28.1. The quantitative estimate of drug-likeness (QED) is 0.362. The van der Waals surface area contributed by atoms with Gasteiger partial charge in [-0.3, -0.25) is 14.5 Å². The van der Waals surface area contributed by atoms with Crippen molar-refractivity contribution in [2.75, 3.05) is 4.90 Å². The average Bonchev–Trinajstić information content (AvgIpc) is 3.19. The molecule has 0 radical (unpaired) electrons. The zero-order valence-corrected chi connectivity index (χ0v) is 23.5. The van der Waals surface area contributed by atoms with Crippen LogP contribution in [0.2, 0.25) is 0 Å². The number of hydrogen-bond acceptors (Lipinski definition) is 7. The van der Waals surface area contributed by atoms with Gasteiger partial charge in [-0.2, -0.15) is 0 Å². The van der Waals surface area contributed by atoms with Gasteiger partial charge in [0.2, 0.25) is 0 Å². The summed E-state index contributed by atoms with van der Waals surface area (Å²) >= 11 is 0. The third kappa shape index (κ3) is 5.22. The number of halogens is 2. The molecule has 4 aromatic rings. The lowest BCUT2D eigenvalue weighted by molar-refractivity contribution is -0.125. The minimum absolute atomic E-state index is 0.0413. The normalized spacial score (nSPS) is 15.3. The van der Waals surface area contributed by atoms with Crippen LogP contribution in [0.3, 0.4) is 0 Å². The topological polar surface area (TPSA) is 122 Å². The van der Waals surface area contributed by atoms with E-state index >= 15 is 8.78 Å². The Kier molecular flexibility index (Phi) is 6.98. The number of carbonyl (C=O) groups excluding carboxylic acids is 2. The highest BCUT2D eigenvalue weighted by Crippen LogP contribution is 2.39. The Morgan fingerprint density at radius 1 is 1.17 bits per heavy atom. The number of amides is 2. The Bertz CT molecular complexity index is 1680. The predicted molar refractivity (Wildman–Crippen MR) is 146 cm³/mol. The van der Waals surface area contributed by atoms with Crippen LogP contribution in [-0.2, 0) is 16.9 Å². The molecule has 4 heterocycles. The van der Waals surface area contributed by atoms with Crippen molar-refractivity contribution >= 4 is 23.1 Å². The van der Waals surface area contributed by atoms with E-state index in [0.717, 1.165) is 6.07 Å². The van der Waals surface area contributed by atoms with Gasteiger partial charge in [0.1, 0.15) is 17.1 Å². The molecule has 0 aliphatic carbocycles. The minimum atomic E-state index is -1.26. The molecule has 1 aliphatic heterocycles. The van der Waals surface area contributed by atoms with E-state index in [0.29, 0.717) is 22.6 Å². The van der Waals surface area contributed by atoms with Gasteiger partial charge in [0.15, 0.2) is 23.5 Å². The number of fused-ring (bicyclic) bond motifs is 2. The molecule has 10 nitrogen and oxygen atoms in total. The van der Waals surface area contributed by atoms with E-state index in [2.05, 4.69) is 20.3 Å². The maximum absolute atomic E-state index is 15.2. The zero-order valence-electron chi connectivity index (χ0n) is 23.5. The van der Waals surface area contributed by atoms with Gasteiger partial charge in [-0.05, 0) is 53.7 Å². The number of aryl methyl sites for hydroxylation is 1. The fourth-order valence-corrected chi connectivity index (χ4v) is 4.67. The molecule has 0 saturated carbocycles. The molecule has 1 aromatic carbocycles. The zero-order chi connectivity index (χ0) is 29.8. The van der Waals surface area contributed by atoms with Gasteiger partial charge >= 0.3 is 0 Å². The van der Waals surface area contributed by atoms with Crippen LogP contribution >= 0.6 is 0 Å². The van der Waals surface area contributed by atoms with E-state index < -0.39 is 35.2 Å². The van der Waals surface area contributed by atoms with Crippen molar-refractivity contribution in [3.63, 3.8) is 0 Å². The highest BCUT2D eigenvalue weighted by molar-refractivity contribution is 6.02. The van der Waals surface area contributed by atoms with E-state index in [1.807, 2.05) is 0 Å². The summed E-state index contributed by atoms with van der Waals surface area (Å²) in [7, 11) is 0. The highest BCUT2D eigenvalue weighted by Gasteiger charge is 2.35. The molecular formula is C29H30F2N6O4. The lowest BCUT2D eigenvalue weighted by Gasteiger charge is -2.33. The molecule has 12 heteroatoms. The van der Waals surface area contributed by atoms with Crippen LogP contribution in [0.4, 0.5) is 14.5 Å². The molecule has 0 bridgehead atoms. The molecule has 2 N–H and O–H groups in total. The van der Waals surface area contributed by atoms with E-state index in [9.17, 15) is 14.7 Å². The van der Waals surface area contributed by atoms with E-state index in [1.54, 1.807) is 39.0 Å². The lowest BCUT2D eigenvalue weighted by Crippen LogP contribution is -2.44. The molecule has 214 valence electrons. The number of aliphatic hydroxyl groups is 1. The van der Waals surface area contributed by atoms with Crippen molar-refractivity contribution in [1.29, 1.82) is 0 Å². The van der Waals surface area contributed by atoms with Crippen molar-refractivity contribution in [2.24, 2.45) is 0 Å². The molecule has 1 aliphatic rings. The van der Waals surface area contributed by atoms with Crippen LogP contribution in [0, 0.1) is 18.6 Å². The largest absolute Gasteiger partial charge is 0.476 e. The van der Waals surface area contributed by atoms with Crippen molar-refractivity contribution in [1.82, 2.24) is 24.7 Å². The van der Waals surface area contributed by atoms with Crippen LogP contribution in [0.15, 0.2) is 36.8 Å².